The van der Waals surface area contributed by atoms with Gasteiger partial charge >= 0.3 is 11.9 Å². The van der Waals surface area contributed by atoms with E-state index in [9.17, 15) is 14.7 Å². The summed E-state index contributed by atoms with van der Waals surface area (Å²) in [6.07, 6.45) is 18.5. The molecule has 1 aliphatic rings. The van der Waals surface area contributed by atoms with Crippen LogP contribution in [0.3, 0.4) is 0 Å². The lowest BCUT2D eigenvalue weighted by Crippen LogP contribution is -2.38. The van der Waals surface area contributed by atoms with Gasteiger partial charge in [0.2, 0.25) is 0 Å². The smallest absolute Gasteiger partial charge is 0.304 e. The van der Waals surface area contributed by atoms with Gasteiger partial charge in [0, 0.05) is 5.75 Å². The molecule has 0 bridgehead atoms. The van der Waals surface area contributed by atoms with Gasteiger partial charge in [-0.1, -0.05) is 82.8 Å². The van der Waals surface area contributed by atoms with Crippen molar-refractivity contribution in [2.24, 2.45) is 5.92 Å². The third-order valence-electron chi connectivity index (χ3n) is 6.23. The molecule has 0 amide bonds. The van der Waals surface area contributed by atoms with Crippen molar-refractivity contribution in [3.05, 3.63) is 11.6 Å². The van der Waals surface area contributed by atoms with Crippen LogP contribution in [0.1, 0.15) is 110 Å². The predicted octanol–water partition coefficient (Wildman–Crippen LogP) is 6.44. The summed E-state index contributed by atoms with van der Waals surface area (Å²) in [4.78, 5) is 21.9. The number of aliphatic hydroxyl groups is 1. The molecule has 0 radical (unpaired) electrons. The zero-order valence-corrected chi connectivity index (χ0v) is 20.2. The highest BCUT2D eigenvalue weighted by Gasteiger charge is 2.36. The summed E-state index contributed by atoms with van der Waals surface area (Å²) in [5.41, 5.74) is 1.18. The topological polar surface area (TPSA) is 94.8 Å². The quantitative estimate of drug-likeness (QED) is 0.162. The molecule has 31 heavy (non-hydrogen) atoms. The molecule has 0 aromatic carbocycles. The molecule has 3 N–H and O–H groups in total. The molecule has 180 valence electrons. The highest BCUT2D eigenvalue weighted by atomic mass is 32.2. The van der Waals surface area contributed by atoms with Crippen LogP contribution in [0.5, 0.6) is 0 Å². The van der Waals surface area contributed by atoms with Crippen molar-refractivity contribution in [2.75, 3.05) is 5.75 Å². The minimum absolute atomic E-state index is 0.0248. The van der Waals surface area contributed by atoms with Gasteiger partial charge in [0.05, 0.1) is 24.2 Å². The van der Waals surface area contributed by atoms with Crippen LogP contribution in [0.2, 0.25) is 0 Å². The number of thioether (sulfide) groups is 1. The summed E-state index contributed by atoms with van der Waals surface area (Å²) in [5.74, 6) is -1.54. The second-order valence-electron chi connectivity index (χ2n) is 8.93. The molecule has 0 heterocycles. The van der Waals surface area contributed by atoms with Crippen LogP contribution in [0.15, 0.2) is 11.6 Å². The Labute approximate surface area is 193 Å². The Hall–Kier alpha value is -1.01. The molecule has 0 spiro atoms. The predicted molar refractivity (Wildman–Crippen MR) is 129 cm³/mol. The van der Waals surface area contributed by atoms with Gasteiger partial charge in [-0.05, 0) is 31.6 Å². The standard InChI is InChI=1S/C25H44O5S/c1-2-3-4-5-6-7-8-9-10-11-12-13-14-20-15-16-21(19-23(28)29)24(30)25(20)31-18-17-22(26)27/h14,21,24-25,30H,2-13,15-19H2,1H3,(H,26,27)(H,28,29). The van der Waals surface area contributed by atoms with Crippen molar-refractivity contribution in [1.29, 1.82) is 0 Å². The molecule has 0 aromatic rings. The van der Waals surface area contributed by atoms with Crippen molar-refractivity contribution >= 4 is 23.7 Å². The average molecular weight is 457 g/mol. The maximum atomic E-state index is 11.1. The van der Waals surface area contributed by atoms with Crippen LogP contribution in [0.25, 0.3) is 0 Å². The zero-order valence-electron chi connectivity index (χ0n) is 19.4. The van der Waals surface area contributed by atoms with Crippen molar-refractivity contribution in [3.63, 3.8) is 0 Å². The number of hydrogen-bond donors (Lipinski definition) is 3. The average Bonchev–Trinajstić information content (AvgIpc) is 2.72. The van der Waals surface area contributed by atoms with E-state index in [-0.39, 0.29) is 24.0 Å². The Balaban J connectivity index is 2.32. The number of carbonyl (C=O) groups is 2. The van der Waals surface area contributed by atoms with Gasteiger partial charge < -0.3 is 15.3 Å². The molecular formula is C25H44O5S. The molecule has 6 heteroatoms. The molecule has 3 atom stereocenters. The van der Waals surface area contributed by atoms with E-state index in [1.165, 1.54) is 81.5 Å². The van der Waals surface area contributed by atoms with Crippen LogP contribution in [-0.2, 0) is 9.59 Å². The maximum absolute atomic E-state index is 11.1. The van der Waals surface area contributed by atoms with E-state index in [4.69, 9.17) is 10.2 Å². The lowest BCUT2D eigenvalue weighted by atomic mass is 9.80. The van der Waals surface area contributed by atoms with Gasteiger partial charge in [0.1, 0.15) is 0 Å². The largest absolute Gasteiger partial charge is 0.481 e. The fourth-order valence-corrected chi connectivity index (χ4v) is 5.77. The molecule has 3 unspecified atom stereocenters. The molecule has 1 rings (SSSR count). The van der Waals surface area contributed by atoms with Crippen LogP contribution < -0.4 is 0 Å². The second-order valence-corrected chi connectivity index (χ2v) is 10.2. The zero-order chi connectivity index (χ0) is 22.9. The van der Waals surface area contributed by atoms with Gasteiger partial charge in [-0.15, -0.1) is 0 Å². The van der Waals surface area contributed by atoms with Gasteiger partial charge in [-0.25, -0.2) is 0 Å². The maximum Gasteiger partial charge on any atom is 0.304 e. The normalized spacial score (nSPS) is 22.6. The summed E-state index contributed by atoms with van der Waals surface area (Å²) in [6.45, 7) is 2.25. The number of rotatable bonds is 18. The van der Waals surface area contributed by atoms with E-state index in [0.29, 0.717) is 12.2 Å². The first kappa shape index (κ1) is 28.0. The van der Waals surface area contributed by atoms with Crippen molar-refractivity contribution in [1.82, 2.24) is 0 Å². The van der Waals surface area contributed by atoms with Crippen molar-refractivity contribution in [2.45, 2.75) is 121 Å². The summed E-state index contributed by atoms with van der Waals surface area (Å²) >= 11 is 1.46. The van der Waals surface area contributed by atoms with Gasteiger partial charge in [0.15, 0.2) is 0 Å². The van der Waals surface area contributed by atoms with E-state index in [2.05, 4.69) is 13.0 Å². The number of carboxylic acids is 2. The first-order valence-electron chi connectivity index (χ1n) is 12.4. The van der Waals surface area contributed by atoms with Crippen LogP contribution in [0, 0.1) is 5.92 Å². The first-order valence-corrected chi connectivity index (χ1v) is 13.4. The molecule has 1 aliphatic carbocycles. The van der Waals surface area contributed by atoms with Gasteiger partial charge in [-0.3, -0.25) is 9.59 Å². The molecule has 0 aliphatic heterocycles. The Kier molecular flexibility index (Phi) is 15.9. The van der Waals surface area contributed by atoms with Gasteiger partial charge in [-0.2, -0.15) is 11.8 Å². The lowest BCUT2D eigenvalue weighted by Gasteiger charge is -2.36. The summed E-state index contributed by atoms with van der Waals surface area (Å²) < 4.78 is 0. The summed E-state index contributed by atoms with van der Waals surface area (Å²) in [5, 5.41) is 28.6. The van der Waals surface area contributed by atoms with E-state index < -0.39 is 18.0 Å². The fourth-order valence-electron chi connectivity index (χ4n) is 4.37. The number of unbranched alkanes of at least 4 members (excludes halogenated alkanes) is 11. The minimum atomic E-state index is -0.883. The molecule has 1 fully saturated rings. The van der Waals surface area contributed by atoms with E-state index >= 15 is 0 Å². The summed E-state index contributed by atoms with van der Waals surface area (Å²) in [7, 11) is 0. The third kappa shape index (κ3) is 13.2. The number of hydrogen-bond acceptors (Lipinski definition) is 4. The number of carboxylic acid groups (broad SMARTS) is 2. The number of allylic oxidation sites excluding steroid dienone is 1. The Morgan fingerprint density at radius 3 is 2.06 bits per heavy atom. The summed E-state index contributed by atoms with van der Waals surface area (Å²) in [6, 6.07) is 0. The molecule has 0 aromatic heterocycles. The highest BCUT2D eigenvalue weighted by Crippen LogP contribution is 2.38. The SMILES string of the molecule is CCCCCCCCCCCCCC=C1CCC(CC(=O)O)C(O)C1SCCC(=O)O. The van der Waals surface area contributed by atoms with Crippen molar-refractivity contribution < 1.29 is 24.9 Å². The molecule has 1 saturated carbocycles. The Morgan fingerprint density at radius 2 is 1.52 bits per heavy atom. The Morgan fingerprint density at radius 1 is 0.935 bits per heavy atom. The second kappa shape index (κ2) is 17.5. The monoisotopic (exact) mass is 456 g/mol. The van der Waals surface area contributed by atoms with E-state index in [1.807, 2.05) is 0 Å². The Bertz CT molecular complexity index is 534. The first-order chi connectivity index (χ1) is 15.0. The number of aliphatic hydroxyl groups excluding tert-OH is 1. The lowest BCUT2D eigenvalue weighted by molar-refractivity contribution is -0.139. The molecule has 0 saturated heterocycles. The number of aliphatic carboxylic acids is 2. The third-order valence-corrected chi connectivity index (χ3v) is 7.61. The van der Waals surface area contributed by atoms with Crippen LogP contribution >= 0.6 is 11.8 Å². The van der Waals surface area contributed by atoms with Crippen LogP contribution in [0.4, 0.5) is 0 Å². The van der Waals surface area contributed by atoms with Gasteiger partial charge in [0.25, 0.3) is 0 Å². The van der Waals surface area contributed by atoms with E-state index in [1.54, 1.807) is 0 Å². The van der Waals surface area contributed by atoms with Crippen LogP contribution in [-0.4, -0.2) is 44.4 Å². The molecule has 5 nitrogen and oxygen atoms in total. The highest BCUT2D eigenvalue weighted by molar-refractivity contribution is 8.00. The minimum Gasteiger partial charge on any atom is -0.481 e. The van der Waals surface area contributed by atoms with Crippen molar-refractivity contribution in [3.8, 4) is 0 Å². The fraction of sp³-hybridized carbons (Fsp3) is 0.840. The van der Waals surface area contributed by atoms with E-state index in [0.717, 1.165) is 19.3 Å². The molecular weight excluding hydrogens is 412 g/mol.